The number of halogens is 4. The summed E-state index contributed by atoms with van der Waals surface area (Å²) in [5.41, 5.74) is 1.83. The molecule has 2 aliphatic rings. The smallest absolute Gasteiger partial charge is 0.206 e. The van der Waals surface area contributed by atoms with Gasteiger partial charge in [-0.3, -0.25) is 0 Å². The van der Waals surface area contributed by atoms with Gasteiger partial charge in [0.25, 0.3) is 0 Å². The second-order valence-corrected chi connectivity index (χ2v) is 10.7. The molecule has 0 saturated heterocycles. The summed E-state index contributed by atoms with van der Waals surface area (Å²) < 4.78 is 70.6. The molecule has 5 aromatic rings. The first kappa shape index (κ1) is 28.5. The van der Waals surface area contributed by atoms with Crippen LogP contribution in [0.3, 0.4) is 0 Å². The quantitative estimate of drug-likeness (QED) is 0.113. The zero-order valence-electron chi connectivity index (χ0n) is 23.2. The Kier molecular flexibility index (Phi) is 7.21. The van der Waals surface area contributed by atoms with Crippen LogP contribution in [-0.4, -0.2) is 40.1 Å². The third kappa shape index (κ3) is 4.64. The number of fused-ring (bicyclic) bond motifs is 2. The number of imidazole rings is 1. The van der Waals surface area contributed by atoms with Crippen molar-refractivity contribution in [1.82, 2.24) is 15.0 Å². The Morgan fingerprint density at radius 3 is 2.67 bits per heavy atom. The maximum absolute atomic E-state index is 15.0. The number of para-hydroxylation sites is 1. The maximum atomic E-state index is 15.0. The van der Waals surface area contributed by atoms with Crippen LogP contribution < -0.4 is 9.47 Å². The standard InChI is InChI=1S/C31H23F4N3O3.CH4O/c1-31(8-10-40-28-17(3-2-4-21(28)31)19-11-15(19)14-39)23-13-37-30(38-23)20-12-16(5-6-22(20)32)41-29-24(33)18-7-9-36-27(18)25(34)26(29)35;1-2/h2-7,9,12-15,19,36H,8,10-11H2,1H3,(H,37,38);2H,1H3/t15?,19?,31-;/m0./s1. The summed E-state index contributed by atoms with van der Waals surface area (Å²) in [6.07, 6.45) is 5.33. The van der Waals surface area contributed by atoms with Crippen molar-refractivity contribution in [2.75, 3.05) is 13.7 Å². The van der Waals surface area contributed by atoms with Crippen molar-refractivity contribution in [3.63, 3.8) is 0 Å². The topological polar surface area (TPSA) is 100 Å². The van der Waals surface area contributed by atoms with Crippen molar-refractivity contribution >= 4 is 17.2 Å². The minimum atomic E-state index is -1.50. The molecule has 0 bridgehead atoms. The van der Waals surface area contributed by atoms with Crippen LogP contribution in [0.5, 0.6) is 17.2 Å². The molecule has 222 valence electrons. The lowest BCUT2D eigenvalue weighted by atomic mass is 9.74. The van der Waals surface area contributed by atoms with Crippen molar-refractivity contribution in [2.45, 2.75) is 31.1 Å². The summed E-state index contributed by atoms with van der Waals surface area (Å²) in [5, 5.41) is 6.83. The molecule has 3 N–H and O–H groups in total. The van der Waals surface area contributed by atoms with Gasteiger partial charge in [0.2, 0.25) is 11.6 Å². The Hall–Kier alpha value is -4.64. The fraction of sp³-hybridized carbons (Fsp3) is 0.250. The van der Waals surface area contributed by atoms with E-state index in [2.05, 4.69) is 15.0 Å². The van der Waals surface area contributed by atoms with Crippen LogP contribution in [0.15, 0.2) is 54.9 Å². The molecule has 3 atom stereocenters. The van der Waals surface area contributed by atoms with Gasteiger partial charge in [-0.15, -0.1) is 0 Å². The van der Waals surface area contributed by atoms with Crippen molar-refractivity contribution in [1.29, 1.82) is 0 Å². The number of hydrogen-bond donors (Lipinski definition) is 3. The van der Waals surface area contributed by atoms with E-state index in [1.165, 1.54) is 24.4 Å². The number of nitrogens with zero attached hydrogens (tertiary/aromatic N) is 1. The highest BCUT2D eigenvalue weighted by atomic mass is 19.2. The number of benzene rings is 3. The SMILES string of the molecule is CO.C[C@]1(c2cnc(-c3cc(Oc4c(F)c(F)c5[nH]ccc5c4F)ccc3F)[nH]2)CCOc2c(C3CC3C=O)cccc21. The van der Waals surface area contributed by atoms with Crippen molar-refractivity contribution in [2.24, 2.45) is 5.92 Å². The lowest BCUT2D eigenvalue weighted by Gasteiger charge is -2.36. The fourth-order valence-corrected chi connectivity index (χ4v) is 5.79. The second-order valence-electron chi connectivity index (χ2n) is 10.7. The normalized spacial score (nSPS) is 20.5. The third-order valence-electron chi connectivity index (χ3n) is 8.28. The Balaban J connectivity index is 0.00000161. The zero-order chi connectivity index (χ0) is 30.5. The highest BCUT2D eigenvalue weighted by Crippen LogP contribution is 2.53. The van der Waals surface area contributed by atoms with Crippen LogP contribution in [-0.2, 0) is 10.2 Å². The lowest BCUT2D eigenvalue weighted by Crippen LogP contribution is -2.32. The first-order chi connectivity index (χ1) is 20.8. The predicted octanol–water partition coefficient (Wildman–Crippen LogP) is 6.91. The Bertz CT molecular complexity index is 1850. The predicted molar refractivity (Wildman–Crippen MR) is 150 cm³/mol. The van der Waals surface area contributed by atoms with Crippen molar-refractivity contribution in [3.8, 4) is 28.6 Å². The molecule has 7 nitrogen and oxygen atoms in total. The maximum Gasteiger partial charge on any atom is 0.206 e. The third-order valence-corrected chi connectivity index (χ3v) is 8.28. The summed E-state index contributed by atoms with van der Waals surface area (Å²) in [7, 11) is 1.00. The van der Waals surface area contributed by atoms with E-state index in [1.54, 1.807) is 6.20 Å². The summed E-state index contributed by atoms with van der Waals surface area (Å²) >= 11 is 0. The summed E-state index contributed by atoms with van der Waals surface area (Å²) in [6, 6.07) is 10.7. The monoisotopic (exact) mass is 593 g/mol. The molecule has 3 aromatic carbocycles. The average molecular weight is 594 g/mol. The summed E-state index contributed by atoms with van der Waals surface area (Å²) in [4.78, 5) is 21.4. The van der Waals surface area contributed by atoms with Gasteiger partial charge >= 0.3 is 0 Å². The molecule has 1 aliphatic carbocycles. The molecule has 2 aromatic heterocycles. The molecule has 11 heteroatoms. The van der Waals surface area contributed by atoms with Gasteiger partial charge in [0.1, 0.15) is 29.4 Å². The molecule has 0 radical (unpaired) electrons. The number of rotatable bonds is 6. The molecule has 1 saturated carbocycles. The van der Waals surface area contributed by atoms with E-state index in [4.69, 9.17) is 14.6 Å². The highest BCUT2D eigenvalue weighted by Gasteiger charge is 2.44. The van der Waals surface area contributed by atoms with Crippen LogP contribution in [0.4, 0.5) is 17.6 Å². The number of carbonyl (C=O) groups excluding carboxylic acids is 1. The molecule has 7 rings (SSSR count). The summed E-state index contributed by atoms with van der Waals surface area (Å²) in [5.74, 6) is -4.44. The van der Waals surface area contributed by atoms with E-state index in [9.17, 15) is 18.0 Å². The summed E-state index contributed by atoms with van der Waals surface area (Å²) in [6.45, 7) is 2.50. The van der Waals surface area contributed by atoms with E-state index in [1.807, 2.05) is 25.1 Å². The van der Waals surface area contributed by atoms with Crippen molar-refractivity contribution < 1.29 is 36.9 Å². The minimum absolute atomic E-state index is 0.00196. The first-order valence-electron chi connectivity index (χ1n) is 13.6. The zero-order valence-corrected chi connectivity index (χ0v) is 23.2. The van der Waals surface area contributed by atoms with Gasteiger partial charge in [0.15, 0.2) is 11.6 Å². The van der Waals surface area contributed by atoms with Crippen LogP contribution in [0, 0.1) is 29.2 Å². The van der Waals surface area contributed by atoms with Gasteiger partial charge in [-0.2, -0.15) is 4.39 Å². The van der Waals surface area contributed by atoms with Gasteiger partial charge in [0.05, 0.1) is 17.7 Å². The number of aromatic nitrogens is 3. The van der Waals surface area contributed by atoms with E-state index < -0.39 is 34.4 Å². The van der Waals surface area contributed by atoms with Gasteiger partial charge in [0, 0.05) is 47.5 Å². The molecule has 0 spiro atoms. The second kappa shape index (κ2) is 10.9. The first-order valence-corrected chi connectivity index (χ1v) is 13.6. The molecule has 3 heterocycles. The largest absolute Gasteiger partial charge is 0.493 e. The van der Waals surface area contributed by atoms with Crippen LogP contribution in [0.1, 0.15) is 42.5 Å². The van der Waals surface area contributed by atoms with E-state index in [0.29, 0.717) is 13.0 Å². The average Bonchev–Trinajstić information content (AvgIpc) is 3.37. The molecular formula is C32H27F4N3O4. The van der Waals surface area contributed by atoms with E-state index in [0.717, 1.165) is 48.5 Å². The molecule has 2 unspecified atom stereocenters. The Morgan fingerprint density at radius 2 is 1.91 bits per heavy atom. The van der Waals surface area contributed by atoms with Crippen LogP contribution in [0.2, 0.25) is 0 Å². The number of aromatic amines is 2. The molecule has 0 amide bonds. The Labute approximate surface area is 243 Å². The fourth-order valence-electron chi connectivity index (χ4n) is 5.79. The van der Waals surface area contributed by atoms with Gasteiger partial charge < -0.3 is 29.3 Å². The van der Waals surface area contributed by atoms with Gasteiger partial charge in [-0.05, 0) is 55.5 Å². The number of hydrogen-bond acceptors (Lipinski definition) is 5. The van der Waals surface area contributed by atoms with E-state index in [-0.39, 0.29) is 39.9 Å². The van der Waals surface area contributed by atoms with Crippen LogP contribution in [0.25, 0.3) is 22.3 Å². The number of aliphatic hydroxyl groups excluding tert-OH is 1. The van der Waals surface area contributed by atoms with Gasteiger partial charge in [-0.25, -0.2) is 18.2 Å². The lowest BCUT2D eigenvalue weighted by molar-refractivity contribution is -0.108. The van der Waals surface area contributed by atoms with E-state index >= 15 is 4.39 Å². The number of ether oxygens (including phenoxy) is 2. The number of nitrogens with one attached hydrogen (secondary N) is 2. The number of aliphatic hydroxyl groups is 1. The molecular weight excluding hydrogens is 566 g/mol. The minimum Gasteiger partial charge on any atom is -0.493 e. The number of aldehydes is 1. The van der Waals surface area contributed by atoms with Crippen LogP contribution >= 0.6 is 0 Å². The molecule has 43 heavy (non-hydrogen) atoms. The van der Waals surface area contributed by atoms with Gasteiger partial charge in [-0.1, -0.05) is 18.2 Å². The van der Waals surface area contributed by atoms with Crippen molar-refractivity contribution in [3.05, 3.63) is 94.9 Å². The highest BCUT2D eigenvalue weighted by molar-refractivity contribution is 5.82. The number of carbonyl (C=O) groups is 1. The molecule has 1 fully saturated rings. The Morgan fingerprint density at radius 1 is 1.09 bits per heavy atom. The number of H-pyrrole nitrogens is 2. The molecule has 1 aliphatic heterocycles.